The summed E-state index contributed by atoms with van der Waals surface area (Å²) in [6.45, 7) is 7.10. The van der Waals surface area contributed by atoms with Crippen LogP contribution in [-0.2, 0) is 29.8 Å². The number of nitrogens with zero attached hydrogens (tertiary/aromatic N) is 1. The fourth-order valence-corrected chi connectivity index (χ4v) is 9.01. The lowest BCUT2D eigenvalue weighted by atomic mass is 9.62. The highest BCUT2D eigenvalue weighted by Crippen LogP contribution is 2.57. The Kier molecular flexibility index (Phi) is 9.29. The Hall–Kier alpha value is -3.26. The molecular weight excluding hydrogens is 682 g/mol. The molecule has 2 fully saturated rings. The summed E-state index contributed by atoms with van der Waals surface area (Å²) in [6, 6.07) is 12.1. The zero-order chi connectivity index (χ0) is 34.6. The average molecular weight is 720 g/mol. The normalized spacial score (nSPS) is 24.4. The molecule has 2 amide bonds. The molecule has 6 rings (SSSR count). The van der Waals surface area contributed by atoms with Crippen LogP contribution in [-0.4, -0.2) is 70.0 Å². The lowest BCUT2D eigenvalue weighted by Crippen LogP contribution is -2.49. The molecule has 3 aliphatic rings. The van der Waals surface area contributed by atoms with Gasteiger partial charge < -0.3 is 25.4 Å². The molecule has 0 unspecified atom stereocenters. The predicted molar refractivity (Wildman–Crippen MR) is 182 cm³/mol. The van der Waals surface area contributed by atoms with E-state index in [0.717, 1.165) is 0 Å². The van der Waals surface area contributed by atoms with Crippen LogP contribution in [0.2, 0.25) is 10.0 Å². The molecule has 1 spiro atoms. The smallest absolute Gasteiger partial charge is 0.243 e. The molecule has 0 aromatic heterocycles. The van der Waals surface area contributed by atoms with Gasteiger partial charge in [-0.05, 0) is 53.3 Å². The van der Waals surface area contributed by atoms with Gasteiger partial charge in [0.05, 0.1) is 42.0 Å². The monoisotopic (exact) mass is 718 g/mol. The molecule has 0 aliphatic carbocycles. The molecule has 0 radical (unpaired) electrons. The highest BCUT2D eigenvalue weighted by Gasteiger charge is 2.66. The number of morpholine rings is 1. The summed E-state index contributed by atoms with van der Waals surface area (Å²) in [5.74, 6) is -2.65. The van der Waals surface area contributed by atoms with Crippen molar-refractivity contribution in [1.82, 2.24) is 9.62 Å². The first-order valence-corrected chi connectivity index (χ1v) is 17.8. The molecule has 3 aromatic rings. The van der Waals surface area contributed by atoms with Gasteiger partial charge in [0.2, 0.25) is 21.8 Å². The van der Waals surface area contributed by atoms with Crippen LogP contribution in [0.3, 0.4) is 0 Å². The van der Waals surface area contributed by atoms with Crippen LogP contribution in [0.25, 0.3) is 0 Å². The standard InChI is InChI=1S/C34H37Cl2FN4O6S/c1-33(2,3)18-27-34(22-10-8-19(35)16-25(22)39-32(34)43)28(21-6-5-7-23(36)29(21)37)30(40-27)31(42)38-24-11-9-20(17-26(24)46-4)48(44,45)41-12-14-47-15-13-41/h5-11,16-17,27-28,30,40H,12-15,18H2,1-4H3,(H,38,42)(H,39,43)/t27-,28-,30+,34+/m0/s1. The topological polar surface area (TPSA) is 126 Å². The van der Waals surface area contributed by atoms with Gasteiger partial charge in [-0.25, -0.2) is 12.8 Å². The van der Waals surface area contributed by atoms with E-state index in [2.05, 4.69) is 16.0 Å². The SMILES string of the molecule is COc1cc(S(=O)(=O)N2CCOCC2)ccc1NC(=O)[C@@H]1N[C@@H](CC(C)(C)C)[C@@]2(C(=O)Nc3cc(Cl)ccc32)[C@H]1c1cccc(Cl)c1F. The molecule has 2 saturated heterocycles. The largest absolute Gasteiger partial charge is 0.495 e. The summed E-state index contributed by atoms with van der Waals surface area (Å²) in [5, 5.41) is 9.52. The van der Waals surface area contributed by atoms with Crippen molar-refractivity contribution in [1.29, 1.82) is 0 Å². The zero-order valence-corrected chi connectivity index (χ0v) is 29.2. The van der Waals surface area contributed by atoms with Crippen LogP contribution in [0.4, 0.5) is 15.8 Å². The molecule has 0 saturated carbocycles. The van der Waals surface area contributed by atoms with E-state index in [1.165, 1.54) is 35.7 Å². The molecule has 48 heavy (non-hydrogen) atoms. The van der Waals surface area contributed by atoms with Crippen molar-refractivity contribution < 1.29 is 31.9 Å². The number of rotatable bonds is 7. The number of carbonyl (C=O) groups excluding carboxylic acids is 2. The maximum atomic E-state index is 16.1. The highest BCUT2D eigenvalue weighted by molar-refractivity contribution is 7.89. The summed E-state index contributed by atoms with van der Waals surface area (Å²) in [5.41, 5.74) is -0.362. The fourth-order valence-electron chi connectivity index (χ4n) is 7.23. The molecule has 3 N–H and O–H groups in total. The number of ether oxygens (including phenoxy) is 2. The highest BCUT2D eigenvalue weighted by atomic mass is 35.5. The number of carbonyl (C=O) groups is 2. The second kappa shape index (κ2) is 12.9. The Bertz CT molecular complexity index is 1880. The van der Waals surface area contributed by atoms with Crippen LogP contribution in [0.15, 0.2) is 59.5 Å². The van der Waals surface area contributed by atoms with Gasteiger partial charge in [-0.1, -0.05) is 62.2 Å². The lowest BCUT2D eigenvalue weighted by molar-refractivity contribution is -0.122. The second-order valence-corrected chi connectivity index (χ2v) is 16.2. The van der Waals surface area contributed by atoms with Crippen molar-refractivity contribution in [2.24, 2.45) is 5.41 Å². The van der Waals surface area contributed by atoms with Gasteiger partial charge in [-0.2, -0.15) is 4.31 Å². The molecule has 3 aromatic carbocycles. The average Bonchev–Trinajstić information content (AvgIpc) is 3.51. The van der Waals surface area contributed by atoms with Crippen LogP contribution in [0.1, 0.15) is 44.2 Å². The van der Waals surface area contributed by atoms with Crippen LogP contribution < -0.4 is 20.7 Å². The summed E-state index contributed by atoms with van der Waals surface area (Å²) in [6.07, 6.45) is 0.447. The van der Waals surface area contributed by atoms with Gasteiger partial charge in [0, 0.05) is 41.8 Å². The Balaban J connectivity index is 1.45. The third-order valence-corrected chi connectivity index (χ3v) is 11.7. The molecule has 3 heterocycles. The molecule has 0 bridgehead atoms. The Morgan fingerprint density at radius 2 is 1.85 bits per heavy atom. The number of anilines is 2. The van der Waals surface area contributed by atoms with Gasteiger partial charge in [-0.3, -0.25) is 9.59 Å². The third kappa shape index (κ3) is 5.96. The van der Waals surface area contributed by atoms with Crippen molar-refractivity contribution in [3.63, 3.8) is 0 Å². The van der Waals surface area contributed by atoms with Crippen molar-refractivity contribution >= 4 is 56.4 Å². The first kappa shape index (κ1) is 34.6. The van der Waals surface area contributed by atoms with E-state index >= 15 is 4.39 Å². The van der Waals surface area contributed by atoms with Crippen molar-refractivity contribution in [3.8, 4) is 5.75 Å². The molecule has 10 nitrogen and oxygen atoms in total. The minimum absolute atomic E-state index is 0.000737. The number of hydrogen-bond acceptors (Lipinski definition) is 7. The first-order chi connectivity index (χ1) is 22.7. The summed E-state index contributed by atoms with van der Waals surface area (Å²) in [7, 11) is -2.48. The number of methoxy groups -OCH3 is 1. The van der Waals surface area contributed by atoms with E-state index in [1.807, 2.05) is 20.8 Å². The van der Waals surface area contributed by atoms with Crippen LogP contribution in [0, 0.1) is 11.2 Å². The van der Waals surface area contributed by atoms with Crippen molar-refractivity contribution in [2.75, 3.05) is 44.0 Å². The molecule has 4 atom stereocenters. The Morgan fingerprint density at radius 3 is 2.54 bits per heavy atom. The van der Waals surface area contributed by atoms with Crippen LogP contribution >= 0.6 is 23.2 Å². The van der Waals surface area contributed by atoms with Gasteiger partial charge in [0.1, 0.15) is 17.0 Å². The quantitative estimate of drug-likeness (QED) is 0.293. The maximum absolute atomic E-state index is 16.1. The summed E-state index contributed by atoms with van der Waals surface area (Å²) < 4.78 is 54.9. The number of amides is 2. The van der Waals surface area contributed by atoms with Gasteiger partial charge in [0.15, 0.2) is 0 Å². The molecule has 3 aliphatic heterocycles. The van der Waals surface area contributed by atoms with Gasteiger partial charge in [-0.15, -0.1) is 0 Å². The van der Waals surface area contributed by atoms with Crippen molar-refractivity contribution in [2.45, 2.75) is 55.5 Å². The van der Waals surface area contributed by atoms with E-state index in [9.17, 15) is 18.0 Å². The summed E-state index contributed by atoms with van der Waals surface area (Å²) >= 11 is 12.6. The molecule has 14 heteroatoms. The Labute approximate surface area is 289 Å². The molecular formula is C34H37Cl2FN4O6S. The number of fused-ring (bicyclic) bond motifs is 2. The predicted octanol–water partition coefficient (Wildman–Crippen LogP) is 5.55. The van der Waals surface area contributed by atoms with E-state index in [0.29, 0.717) is 35.9 Å². The number of benzene rings is 3. The number of sulfonamides is 1. The first-order valence-electron chi connectivity index (χ1n) is 15.6. The van der Waals surface area contributed by atoms with E-state index in [1.54, 1.807) is 30.3 Å². The number of hydrogen-bond donors (Lipinski definition) is 3. The lowest BCUT2D eigenvalue weighted by Gasteiger charge is -2.37. The fraction of sp³-hybridized carbons (Fsp3) is 0.412. The number of nitrogens with one attached hydrogen (secondary N) is 3. The zero-order valence-electron chi connectivity index (χ0n) is 26.9. The van der Waals surface area contributed by atoms with Gasteiger partial charge >= 0.3 is 0 Å². The maximum Gasteiger partial charge on any atom is 0.243 e. The second-order valence-electron chi connectivity index (χ2n) is 13.5. The Morgan fingerprint density at radius 1 is 1.12 bits per heavy atom. The number of halogens is 3. The third-order valence-electron chi connectivity index (χ3n) is 9.26. The van der Waals surface area contributed by atoms with E-state index in [4.69, 9.17) is 32.7 Å². The van der Waals surface area contributed by atoms with E-state index in [-0.39, 0.29) is 45.4 Å². The minimum atomic E-state index is -3.85. The van der Waals surface area contributed by atoms with Crippen molar-refractivity contribution in [3.05, 3.63) is 81.6 Å². The van der Waals surface area contributed by atoms with Crippen LogP contribution in [0.5, 0.6) is 5.75 Å². The molecule has 256 valence electrons. The summed E-state index contributed by atoms with van der Waals surface area (Å²) in [4.78, 5) is 28.8. The minimum Gasteiger partial charge on any atom is -0.495 e. The van der Waals surface area contributed by atoms with Gasteiger partial charge in [0.25, 0.3) is 0 Å². The van der Waals surface area contributed by atoms with E-state index < -0.39 is 51.1 Å².